The molecule has 2 amide bonds. The van der Waals surface area contributed by atoms with Crippen molar-refractivity contribution in [2.75, 3.05) is 36.4 Å². The van der Waals surface area contributed by atoms with Gasteiger partial charge in [0, 0.05) is 37.4 Å². The van der Waals surface area contributed by atoms with Crippen molar-refractivity contribution in [2.45, 2.75) is 27.7 Å². The first-order valence-electron chi connectivity index (χ1n) is 10.7. The molecule has 4 rings (SSSR count). The van der Waals surface area contributed by atoms with Crippen LogP contribution in [0.1, 0.15) is 22.3 Å². The molecule has 0 atom stereocenters. The fourth-order valence-corrected chi connectivity index (χ4v) is 3.85. The standard InChI is InChI=1S/C25H29N5O/c1-17-5-7-21(8-6-17)26-25(31)30-13-11-29(12-14-30)24-10-9-23(27-28-24)22-16-19(3)18(2)15-20(22)4/h5-10,15-16H,11-14H2,1-4H3,(H,26,31). The van der Waals surface area contributed by atoms with Gasteiger partial charge in [-0.25, -0.2) is 4.79 Å². The van der Waals surface area contributed by atoms with Crippen LogP contribution in [0.15, 0.2) is 48.5 Å². The van der Waals surface area contributed by atoms with E-state index in [4.69, 9.17) is 0 Å². The minimum atomic E-state index is -0.0600. The van der Waals surface area contributed by atoms with Crippen molar-refractivity contribution >= 4 is 17.5 Å². The minimum Gasteiger partial charge on any atom is -0.352 e. The summed E-state index contributed by atoms with van der Waals surface area (Å²) >= 11 is 0. The number of rotatable bonds is 3. The van der Waals surface area contributed by atoms with Crippen LogP contribution < -0.4 is 10.2 Å². The van der Waals surface area contributed by atoms with E-state index in [2.05, 4.69) is 53.3 Å². The van der Waals surface area contributed by atoms with E-state index < -0.39 is 0 Å². The number of aromatic nitrogens is 2. The molecule has 0 bridgehead atoms. The number of benzene rings is 2. The molecule has 1 aromatic heterocycles. The molecule has 1 N–H and O–H groups in total. The first-order valence-corrected chi connectivity index (χ1v) is 10.7. The van der Waals surface area contributed by atoms with Gasteiger partial charge in [0.1, 0.15) is 0 Å². The van der Waals surface area contributed by atoms with E-state index in [1.807, 2.05) is 48.2 Å². The van der Waals surface area contributed by atoms with E-state index >= 15 is 0 Å². The highest BCUT2D eigenvalue weighted by molar-refractivity contribution is 5.89. The summed E-state index contributed by atoms with van der Waals surface area (Å²) in [5.74, 6) is 0.851. The van der Waals surface area contributed by atoms with Crippen molar-refractivity contribution in [3.63, 3.8) is 0 Å². The molecule has 2 heterocycles. The number of nitrogens with zero attached hydrogens (tertiary/aromatic N) is 4. The molecular weight excluding hydrogens is 386 g/mol. The molecule has 1 saturated heterocycles. The summed E-state index contributed by atoms with van der Waals surface area (Å²) in [6.07, 6.45) is 0. The summed E-state index contributed by atoms with van der Waals surface area (Å²) in [5, 5.41) is 11.9. The second-order valence-electron chi connectivity index (χ2n) is 8.30. The van der Waals surface area contributed by atoms with Gasteiger partial charge in [-0.2, -0.15) is 0 Å². The predicted molar refractivity (Wildman–Crippen MR) is 126 cm³/mol. The van der Waals surface area contributed by atoms with E-state index in [9.17, 15) is 4.79 Å². The molecule has 6 nitrogen and oxygen atoms in total. The number of carbonyl (C=O) groups is 1. The number of hydrogen-bond acceptors (Lipinski definition) is 4. The van der Waals surface area contributed by atoms with Crippen molar-refractivity contribution < 1.29 is 4.79 Å². The monoisotopic (exact) mass is 415 g/mol. The summed E-state index contributed by atoms with van der Waals surface area (Å²) in [4.78, 5) is 16.6. The average molecular weight is 416 g/mol. The number of urea groups is 1. The van der Waals surface area contributed by atoms with Crippen LogP contribution in [0.25, 0.3) is 11.3 Å². The Labute approximate surface area is 183 Å². The van der Waals surface area contributed by atoms with Crippen LogP contribution in [0.3, 0.4) is 0 Å². The first-order chi connectivity index (χ1) is 14.9. The van der Waals surface area contributed by atoms with Gasteiger partial charge >= 0.3 is 6.03 Å². The molecule has 1 aliphatic rings. The fraction of sp³-hybridized carbons (Fsp3) is 0.320. The average Bonchev–Trinajstić information content (AvgIpc) is 2.78. The predicted octanol–water partition coefficient (Wildman–Crippen LogP) is 4.73. The van der Waals surface area contributed by atoms with Gasteiger partial charge in [0.05, 0.1) is 5.69 Å². The number of anilines is 2. The van der Waals surface area contributed by atoms with Gasteiger partial charge in [0.2, 0.25) is 0 Å². The van der Waals surface area contributed by atoms with Gasteiger partial charge in [-0.05, 0) is 74.7 Å². The molecule has 0 radical (unpaired) electrons. The van der Waals surface area contributed by atoms with Gasteiger partial charge in [-0.3, -0.25) is 0 Å². The number of carbonyl (C=O) groups excluding carboxylic acids is 1. The van der Waals surface area contributed by atoms with Crippen LogP contribution in [0.4, 0.5) is 16.3 Å². The molecule has 0 unspecified atom stereocenters. The second-order valence-corrected chi connectivity index (χ2v) is 8.30. The molecule has 1 aliphatic heterocycles. The van der Waals surface area contributed by atoms with Crippen molar-refractivity contribution in [1.29, 1.82) is 0 Å². The van der Waals surface area contributed by atoms with Crippen LogP contribution in [0.2, 0.25) is 0 Å². The van der Waals surface area contributed by atoms with Crippen LogP contribution in [-0.4, -0.2) is 47.3 Å². The van der Waals surface area contributed by atoms with Crippen molar-refractivity contribution in [3.05, 3.63) is 70.8 Å². The molecule has 6 heteroatoms. The van der Waals surface area contributed by atoms with E-state index in [0.29, 0.717) is 13.1 Å². The molecule has 2 aromatic carbocycles. The van der Waals surface area contributed by atoms with Crippen molar-refractivity contribution in [1.82, 2.24) is 15.1 Å². The quantitative estimate of drug-likeness (QED) is 0.672. The number of aryl methyl sites for hydroxylation is 4. The summed E-state index contributed by atoms with van der Waals surface area (Å²) in [7, 11) is 0. The molecule has 0 spiro atoms. The van der Waals surface area contributed by atoms with E-state index in [-0.39, 0.29) is 6.03 Å². The van der Waals surface area contributed by atoms with Crippen LogP contribution in [0, 0.1) is 27.7 Å². The zero-order chi connectivity index (χ0) is 22.0. The number of nitrogens with one attached hydrogen (secondary N) is 1. The largest absolute Gasteiger partial charge is 0.352 e. The molecule has 0 aliphatic carbocycles. The van der Waals surface area contributed by atoms with Gasteiger partial charge < -0.3 is 15.1 Å². The molecule has 31 heavy (non-hydrogen) atoms. The maximum absolute atomic E-state index is 12.5. The Morgan fingerprint density at radius 1 is 0.806 bits per heavy atom. The lowest BCUT2D eigenvalue weighted by Crippen LogP contribution is -2.50. The molecule has 160 valence electrons. The lowest BCUT2D eigenvalue weighted by Gasteiger charge is -2.35. The van der Waals surface area contributed by atoms with Crippen LogP contribution >= 0.6 is 0 Å². The van der Waals surface area contributed by atoms with Crippen LogP contribution in [0.5, 0.6) is 0 Å². The SMILES string of the molecule is Cc1ccc(NC(=O)N2CCN(c3ccc(-c4cc(C)c(C)cc4C)nn3)CC2)cc1. The Balaban J connectivity index is 1.37. The van der Waals surface area contributed by atoms with Crippen molar-refractivity contribution in [2.24, 2.45) is 0 Å². The van der Waals surface area contributed by atoms with Gasteiger partial charge in [0.25, 0.3) is 0 Å². The maximum Gasteiger partial charge on any atom is 0.321 e. The third-order valence-electron chi connectivity index (χ3n) is 5.96. The fourth-order valence-electron chi connectivity index (χ4n) is 3.85. The Hall–Kier alpha value is -3.41. The third kappa shape index (κ3) is 4.68. The van der Waals surface area contributed by atoms with Gasteiger partial charge in [-0.1, -0.05) is 23.8 Å². The number of piperazine rings is 1. The Morgan fingerprint density at radius 2 is 1.48 bits per heavy atom. The number of amides is 2. The van der Waals surface area contributed by atoms with Gasteiger partial charge in [0.15, 0.2) is 5.82 Å². The van der Waals surface area contributed by atoms with E-state index in [1.54, 1.807) is 0 Å². The second kappa shape index (κ2) is 8.76. The maximum atomic E-state index is 12.5. The zero-order valence-corrected chi connectivity index (χ0v) is 18.6. The number of hydrogen-bond donors (Lipinski definition) is 1. The highest BCUT2D eigenvalue weighted by Crippen LogP contribution is 2.25. The highest BCUT2D eigenvalue weighted by Gasteiger charge is 2.22. The minimum absolute atomic E-state index is 0.0600. The van der Waals surface area contributed by atoms with Crippen molar-refractivity contribution in [3.8, 4) is 11.3 Å². The smallest absolute Gasteiger partial charge is 0.321 e. The lowest BCUT2D eigenvalue weighted by atomic mass is 9.99. The lowest BCUT2D eigenvalue weighted by molar-refractivity contribution is 0.208. The van der Waals surface area contributed by atoms with E-state index in [1.165, 1.54) is 22.3 Å². The van der Waals surface area contributed by atoms with Gasteiger partial charge in [-0.15, -0.1) is 10.2 Å². The Morgan fingerprint density at radius 3 is 2.13 bits per heavy atom. The molecule has 1 fully saturated rings. The van der Waals surface area contributed by atoms with E-state index in [0.717, 1.165) is 35.9 Å². The Kier molecular flexibility index (Phi) is 5.89. The summed E-state index contributed by atoms with van der Waals surface area (Å²) in [5.41, 5.74) is 7.76. The first kappa shape index (κ1) is 20.8. The normalized spacial score (nSPS) is 13.9. The molecular formula is C25H29N5O. The third-order valence-corrected chi connectivity index (χ3v) is 5.96. The summed E-state index contributed by atoms with van der Waals surface area (Å²) < 4.78 is 0. The zero-order valence-electron chi connectivity index (χ0n) is 18.6. The van der Waals surface area contributed by atoms with Crippen LogP contribution in [-0.2, 0) is 0 Å². The highest BCUT2D eigenvalue weighted by atomic mass is 16.2. The Bertz CT molecular complexity index is 1070. The molecule has 3 aromatic rings. The summed E-state index contributed by atoms with van der Waals surface area (Å²) in [6, 6.07) is 16.2. The molecule has 0 saturated carbocycles. The topological polar surface area (TPSA) is 61.4 Å². The summed E-state index contributed by atoms with van der Waals surface area (Å²) in [6.45, 7) is 11.2.